The Kier molecular flexibility index (Phi) is 32.0. The molecule has 15 rings (SSSR count). The number of rotatable bonds is 14. The van der Waals surface area contributed by atoms with Crippen molar-refractivity contribution in [2.24, 2.45) is 17.8 Å². The largest absolute Gasteiger partial charge is 0.512 e. The van der Waals surface area contributed by atoms with Crippen molar-refractivity contribution in [1.82, 2.24) is 29.9 Å². The summed E-state index contributed by atoms with van der Waals surface area (Å²) in [7, 11) is 0. The second kappa shape index (κ2) is 40.3. The molecule has 579 valence electrons. The first-order valence-corrected chi connectivity index (χ1v) is 36.7. The first-order chi connectivity index (χ1) is 51.7. The van der Waals surface area contributed by atoms with Gasteiger partial charge in [-0.05, 0) is 178 Å². The number of carbonyl (C=O) groups is 3. The molecule has 9 heterocycles. The second-order valence-electron chi connectivity index (χ2n) is 27.9. The molecule has 0 unspecified atom stereocenters. The van der Waals surface area contributed by atoms with Crippen molar-refractivity contribution in [1.29, 1.82) is 0 Å². The maximum atomic E-state index is 11.7. The molecule has 9 aromatic heterocycles. The van der Waals surface area contributed by atoms with Crippen LogP contribution in [0.4, 0.5) is 0 Å². The van der Waals surface area contributed by atoms with E-state index in [1.54, 1.807) is 0 Å². The third-order valence-electron chi connectivity index (χ3n) is 18.3. The van der Waals surface area contributed by atoms with E-state index < -0.39 is 0 Å². The number of aliphatic hydroxyl groups excluding tert-OH is 3. The van der Waals surface area contributed by atoms with E-state index in [-0.39, 0.29) is 107 Å². The van der Waals surface area contributed by atoms with Gasteiger partial charge in [-0.25, -0.2) is 15.0 Å². The van der Waals surface area contributed by atoms with Crippen LogP contribution in [0, 0.1) is 77.5 Å². The van der Waals surface area contributed by atoms with Gasteiger partial charge >= 0.3 is 0 Å². The van der Waals surface area contributed by atoms with Crippen LogP contribution >= 0.6 is 0 Å². The van der Waals surface area contributed by atoms with Gasteiger partial charge in [0.2, 0.25) is 17.1 Å². The Morgan fingerprint density at radius 2 is 0.739 bits per heavy atom. The quantitative estimate of drug-likeness (QED) is 0.0522. The number of aliphatic hydroxyl groups is 3. The summed E-state index contributed by atoms with van der Waals surface area (Å²) >= 11 is 0. The van der Waals surface area contributed by atoms with Gasteiger partial charge in [0.1, 0.15) is 0 Å². The van der Waals surface area contributed by atoms with Gasteiger partial charge in [-0.3, -0.25) is 14.4 Å². The van der Waals surface area contributed by atoms with E-state index in [1.165, 1.54) is 56.9 Å². The monoisotopic (exact) mass is 2020 g/mol. The number of hydrogen-bond acceptors (Lipinski definition) is 15. The molecule has 0 amide bonds. The van der Waals surface area contributed by atoms with Gasteiger partial charge in [-0.1, -0.05) is 180 Å². The zero-order valence-corrected chi connectivity index (χ0v) is 72.7. The van der Waals surface area contributed by atoms with Gasteiger partial charge in [0.05, 0.1) is 34.0 Å². The molecule has 0 aliphatic carbocycles. The standard InChI is InChI=1S/C26H23N2O.2C22H15N2O.C13H24O2.2C5H8O2.3Ir/c1-15(2)9-18-6-7-19-14-27-24(13-20(19)12-18)23-11-16(3)10-22-21-8-5-17(4)28-26(21)29-25(22)23;2*1-13-9-18-17-8-7-14(2)24-22(17)25-21(18)19(10-13)20-11-15-5-3-4-6-16(15)12-23-20;1-5-10(6-2)12(14)9-13(15)11(7-3)8-4;2*1-4(6)3-5(2)7;;;/h5-8,10,12-15H,9H2,1-4H3;2*3-9,11-12H,1-2H3;9-11,14H,5-8H2,1-4H3;2*3,6H,1-2H3;;;/q3*-1;;;;;;. The van der Waals surface area contributed by atoms with Crippen LogP contribution in [-0.4, -0.2) is 62.6 Å². The smallest absolute Gasteiger partial charge is 0.216 e. The van der Waals surface area contributed by atoms with Crippen LogP contribution in [0.25, 0.3) is 132 Å². The Balaban J connectivity index is 0.000000196. The molecule has 0 fully saturated rings. The topological polar surface area (TPSA) is 229 Å². The summed E-state index contributed by atoms with van der Waals surface area (Å²) in [5.41, 5.74) is 17.0. The first kappa shape index (κ1) is 88.2. The summed E-state index contributed by atoms with van der Waals surface area (Å²) in [5, 5.41) is 39.6. The first-order valence-electron chi connectivity index (χ1n) is 36.7. The van der Waals surface area contributed by atoms with Gasteiger partial charge in [0.25, 0.3) is 0 Å². The van der Waals surface area contributed by atoms with Crippen molar-refractivity contribution >= 4 is 116 Å². The van der Waals surface area contributed by atoms with Crippen LogP contribution in [0.1, 0.15) is 134 Å². The number of fused-ring (bicyclic) bond motifs is 12. The van der Waals surface area contributed by atoms with Crippen molar-refractivity contribution < 1.29 is 103 Å². The van der Waals surface area contributed by atoms with Crippen molar-refractivity contribution in [3.8, 4) is 33.8 Å². The minimum atomic E-state index is -0.125. The molecule has 0 bridgehead atoms. The number of carbonyl (C=O) groups excluding carboxylic acids is 3. The number of furan rings is 3. The second-order valence-corrected chi connectivity index (χ2v) is 27.9. The third kappa shape index (κ3) is 22.4. The fourth-order valence-electron chi connectivity index (χ4n) is 13.1. The van der Waals surface area contributed by atoms with Crippen LogP contribution in [-0.2, 0) is 81.1 Å². The number of pyridine rings is 6. The molecular weight excluding hydrogens is 1920 g/mol. The molecule has 0 saturated carbocycles. The van der Waals surface area contributed by atoms with E-state index in [1.807, 2.05) is 123 Å². The molecule has 3 N–H and O–H groups in total. The van der Waals surface area contributed by atoms with E-state index >= 15 is 0 Å². The number of benzene rings is 6. The maximum Gasteiger partial charge on any atom is 0.216 e. The van der Waals surface area contributed by atoms with Gasteiger partial charge < -0.3 is 43.5 Å². The molecule has 0 spiro atoms. The fraction of sp³-hybridized carbons (Fsp3) is 0.258. The Bertz CT molecular complexity index is 5690. The van der Waals surface area contributed by atoms with Gasteiger partial charge in [-0.2, -0.15) is 0 Å². The average molecular weight is 2020 g/mol. The summed E-state index contributed by atoms with van der Waals surface area (Å²) in [6.45, 7) is 30.3. The average Bonchev–Trinajstić information content (AvgIpc) is 1.64. The number of ketones is 3. The zero-order valence-electron chi connectivity index (χ0n) is 65.5. The molecule has 15 nitrogen and oxygen atoms in total. The number of hydrogen-bond donors (Lipinski definition) is 3. The predicted octanol–water partition coefficient (Wildman–Crippen LogP) is 24.0. The minimum Gasteiger partial charge on any atom is -0.512 e. The Hall–Kier alpha value is -10.0. The van der Waals surface area contributed by atoms with Crippen LogP contribution in [0.3, 0.4) is 0 Å². The molecule has 0 saturated heterocycles. The van der Waals surface area contributed by atoms with Gasteiger partial charge in [-0.15, -0.1) is 53.1 Å². The molecule has 15 aromatic rings. The normalized spacial score (nSPS) is 11.5. The fourth-order valence-corrected chi connectivity index (χ4v) is 13.1. The third-order valence-corrected chi connectivity index (χ3v) is 18.3. The molecule has 18 heteroatoms. The van der Waals surface area contributed by atoms with Crippen molar-refractivity contribution in [3.63, 3.8) is 0 Å². The van der Waals surface area contributed by atoms with Crippen molar-refractivity contribution in [2.45, 2.75) is 143 Å². The molecule has 3 radical (unpaired) electrons. The molecule has 111 heavy (non-hydrogen) atoms. The van der Waals surface area contributed by atoms with E-state index in [0.717, 1.165) is 176 Å². The molecule has 0 atom stereocenters. The summed E-state index contributed by atoms with van der Waals surface area (Å²) in [5.74, 6) is 1.05. The molecule has 6 aromatic carbocycles. The van der Waals surface area contributed by atoms with Crippen molar-refractivity contribution in [3.05, 3.63) is 251 Å². The molecular formula is C93H93Ir3N6O9-3. The molecule has 0 aliphatic heterocycles. The number of nitrogens with zero attached hydrogens (tertiary/aromatic N) is 6. The van der Waals surface area contributed by atoms with E-state index in [0.29, 0.717) is 23.1 Å². The summed E-state index contributed by atoms with van der Waals surface area (Å²) in [6.07, 6.45) is 14.1. The predicted molar refractivity (Wildman–Crippen MR) is 438 cm³/mol. The van der Waals surface area contributed by atoms with E-state index in [4.69, 9.17) is 28.4 Å². The van der Waals surface area contributed by atoms with E-state index in [9.17, 15) is 19.5 Å². The van der Waals surface area contributed by atoms with Crippen LogP contribution in [0.15, 0.2) is 207 Å². The summed E-state index contributed by atoms with van der Waals surface area (Å²) < 4.78 is 18.4. The Labute approximate surface area is 689 Å². The number of aromatic nitrogens is 6. The summed E-state index contributed by atoms with van der Waals surface area (Å²) in [6, 6.07) is 58.3. The Morgan fingerprint density at radius 3 is 1.05 bits per heavy atom. The SMILES string of the molecule is CC(=O)C=C(C)O.CC(=O)C=C(C)O.CCC(CC)C(=O)C=C(O)C(CC)CC.Cc1[c-]c(-c2cc3cc(CC(C)C)ccc3cn2)c2oc3nc(C)ccc3c2c1.Cc1[c-]c(-c2cc3ccccc3cn2)c2oc3nc(C)ccc3c2c1.Cc1[c-]c(-c2cc3ccccc3cn2)c2oc3nc(C)ccc3c2c1.[Ir].[Ir].[Ir]. The zero-order chi connectivity index (χ0) is 77.6. The van der Waals surface area contributed by atoms with Crippen LogP contribution in [0.2, 0.25) is 0 Å². The Morgan fingerprint density at radius 1 is 0.405 bits per heavy atom. The van der Waals surface area contributed by atoms with Crippen LogP contribution < -0.4 is 0 Å². The van der Waals surface area contributed by atoms with Gasteiger partial charge in [0.15, 0.2) is 17.3 Å². The molecule has 0 aliphatic rings. The summed E-state index contributed by atoms with van der Waals surface area (Å²) in [4.78, 5) is 59.4. The minimum absolute atomic E-state index is 0. The van der Waals surface area contributed by atoms with Crippen molar-refractivity contribution in [2.75, 3.05) is 0 Å². The number of aryl methyl sites for hydroxylation is 6. The van der Waals surface area contributed by atoms with E-state index in [2.05, 4.69) is 161 Å². The van der Waals surface area contributed by atoms with Gasteiger partial charge in [0, 0.05) is 142 Å². The van der Waals surface area contributed by atoms with Crippen LogP contribution in [0.5, 0.6) is 0 Å². The number of allylic oxidation sites excluding steroid dienone is 6. The maximum absolute atomic E-state index is 11.7.